The smallest absolute Gasteiger partial charge is 0.396 e. The van der Waals surface area contributed by atoms with Crippen LogP contribution in [0.1, 0.15) is 23.1 Å². The number of rotatable bonds is 2. The number of fused-ring (bicyclic) bond motifs is 1. The molecule has 1 amide bonds. The Balaban J connectivity index is 2.05. The van der Waals surface area contributed by atoms with E-state index in [4.69, 9.17) is 0 Å². The minimum Gasteiger partial charge on any atom is -0.462 e. The molecule has 1 aliphatic rings. The van der Waals surface area contributed by atoms with Gasteiger partial charge in [0.05, 0.1) is 7.11 Å². The summed E-state index contributed by atoms with van der Waals surface area (Å²) in [6.07, 6.45) is 3.46. The number of nitrogens with zero attached hydrogens (tertiary/aromatic N) is 1. The molecule has 1 aromatic rings. The van der Waals surface area contributed by atoms with Crippen molar-refractivity contribution in [1.29, 1.82) is 0 Å². The summed E-state index contributed by atoms with van der Waals surface area (Å²) in [5.41, 5.74) is 3.82. The van der Waals surface area contributed by atoms with Crippen LogP contribution in [0, 0.1) is 0 Å². The van der Waals surface area contributed by atoms with Gasteiger partial charge in [-0.05, 0) is 36.0 Å². The molecule has 1 aliphatic carbocycles. The van der Waals surface area contributed by atoms with E-state index in [0.29, 0.717) is 6.54 Å². The largest absolute Gasteiger partial charge is 0.462 e. The average molecular weight is 247 g/mol. The van der Waals surface area contributed by atoms with Crippen molar-refractivity contribution >= 4 is 11.9 Å². The lowest BCUT2D eigenvalue weighted by Crippen LogP contribution is -2.33. The van der Waals surface area contributed by atoms with Gasteiger partial charge in [0.1, 0.15) is 0 Å². The van der Waals surface area contributed by atoms with Gasteiger partial charge in [-0.15, -0.1) is 0 Å². The SMILES string of the molecule is COC(=O)C(=O)N(C)Cc1ccc2c(c1)CCC2. The van der Waals surface area contributed by atoms with Gasteiger partial charge in [-0.25, -0.2) is 4.79 Å². The Morgan fingerprint density at radius 2 is 2.00 bits per heavy atom. The van der Waals surface area contributed by atoms with Gasteiger partial charge in [0, 0.05) is 13.6 Å². The number of carbonyl (C=O) groups is 2. The zero-order valence-corrected chi connectivity index (χ0v) is 10.7. The Hall–Kier alpha value is -1.84. The molecule has 0 fully saturated rings. The van der Waals surface area contributed by atoms with Gasteiger partial charge in [-0.1, -0.05) is 18.2 Å². The highest BCUT2D eigenvalue weighted by molar-refractivity contribution is 6.32. The Labute approximate surface area is 107 Å². The van der Waals surface area contributed by atoms with Crippen molar-refractivity contribution in [3.63, 3.8) is 0 Å². The molecule has 0 saturated carbocycles. The Morgan fingerprint density at radius 1 is 1.28 bits per heavy atom. The van der Waals surface area contributed by atoms with Crippen LogP contribution in [0.15, 0.2) is 18.2 Å². The summed E-state index contributed by atoms with van der Waals surface area (Å²) >= 11 is 0. The Morgan fingerprint density at radius 3 is 2.72 bits per heavy atom. The predicted octanol–water partition coefficient (Wildman–Crippen LogP) is 1.31. The lowest BCUT2D eigenvalue weighted by atomic mass is 10.1. The van der Waals surface area contributed by atoms with Crippen LogP contribution in [-0.4, -0.2) is 30.9 Å². The maximum atomic E-state index is 11.6. The maximum absolute atomic E-state index is 11.6. The van der Waals surface area contributed by atoms with Crippen LogP contribution < -0.4 is 0 Å². The molecule has 18 heavy (non-hydrogen) atoms. The van der Waals surface area contributed by atoms with E-state index in [1.165, 1.54) is 29.6 Å². The summed E-state index contributed by atoms with van der Waals surface area (Å²) in [5, 5.41) is 0. The molecule has 0 radical (unpaired) electrons. The first-order valence-electron chi connectivity index (χ1n) is 6.06. The summed E-state index contributed by atoms with van der Waals surface area (Å²) in [6, 6.07) is 6.27. The number of benzene rings is 1. The van der Waals surface area contributed by atoms with Crippen molar-refractivity contribution in [2.24, 2.45) is 0 Å². The number of esters is 1. The summed E-state index contributed by atoms with van der Waals surface area (Å²) in [4.78, 5) is 24.1. The fourth-order valence-corrected chi connectivity index (χ4v) is 2.31. The molecule has 0 spiro atoms. The molecule has 0 saturated heterocycles. The van der Waals surface area contributed by atoms with Gasteiger partial charge >= 0.3 is 11.9 Å². The molecule has 0 N–H and O–H groups in total. The lowest BCUT2D eigenvalue weighted by molar-refractivity contribution is -0.157. The average Bonchev–Trinajstić information content (AvgIpc) is 2.84. The Bertz CT molecular complexity index is 482. The fourth-order valence-electron chi connectivity index (χ4n) is 2.31. The number of amides is 1. The first kappa shape index (κ1) is 12.6. The number of methoxy groups -OCH3 is 1. The minimum atomic E-state index is -0.821. The van der Waals surface area contributed by atoms with E-state index >= 15 is 0 Å². The van der Waals surface area contributed by atoms with Crippen LogP contribution in [0.2, 0.25) is 0 Å². The first-order chi connectivity index (χ1) is 8.61. The summed E-state index contributed by atoms with van der Waals surface area (Å²) in [5.74, 6) is -1.43. The van der Waals surface area contributed by atoms with Gasteiger partial charge in [-0.3, -0.25) is 4.79 Å². The summed E-state index contributed by atoms with van der Waals surface area (Å²) in [6.45, 7) is 0.432. The van der Waals surface area contributed by atoms with E-state index in [9.17, 15) is 9.59 Å². The number of carbonyl (C=O) groups excluding carboxylic acids is 2. The highest BCUT2D eigenvalue weighted by Gasteiger charge is 2.19. The molecule has 2 rings (SSSR count). The summed E-state index contributed by atoms with van der Waals surface area (Å²) < 4.78 is 4.41. The molecule has 0 heterocycles. The van der Waals surface area contributed by atoms with E-state index in [1.807, 2.05) is 6.07 Å². The second kappa shape index (κ2) is 5.21. The number of hydrogen-bond acceptors (Lipinski definition) is 3. The number of hydrogen-bond donors (Lipinski definition) is 0. The molecular formula is C14H17NO3. The molecule has 0 unspecified atom stereocenters. The van der Waals surface area contributed by atoms with E-state index < -0.39 is 11.9 Å². The second-order valence-corrected chi connectivity index (χ2v) is 4.61. The third-order valence-corrected chi connectivity index (χ3v) is 3.29. The van der Waals surface area contributed by atoms with Crippen LogP contribution in [0.4, 0.5) is 0 Å². The fraction of sp³-hybridized carbons (Fsp3) is 0.429. The van der Waals surface area contributed by atoms with Crippen molar-refractivity contribution in [2.75, 3.05) is 14.2 Å². The molecule has 4 heteroatoms. The maximum Gasteiger partial charge on any atom is 0.396 e. The molecule has 0 aliphatic heterocycles. The van der Waals surface area contributed by atoms with E-state index in [1.54, 1.807) is 7.05 Å². The van der Waals surface area contributed by atoms with Gasteiger partial charge in [0.15, 0.2) is 0 Å². The van der Waals surface area contributed by atoms with E-state index in [2.05, 4.69) is 16.9 Å². The highest BCUT2D eigenvalue weighted by Crippen LogP contribution is 2.23. The van der Waals surface area contributed by atoms with Crippen molar-refractivity contribution in [3.8, 4) is 0 Å². The van der Waals surface area contributed by atoms with Gasteiger partial charge in [-0.2, -0.15) is 0 Å². The van der Waals surface area contributed by atoms with Gasteiger partial charge in [0.2, 0.25) is 0 Å². The standard InChI is InChI=1S/C14H17NO3/c1-15(13(16)14(17)18-2)9-10-6-7-11-4-3-5-12(11)8-10/h6-8H,3-5,9H2,1-2H3. The number of aryl methyl sites for hydroxylation is 2. The third-order valence-electron chi connectivity index (χ3n) is 3.29. The normalized spacial score (nSPS) is 13.0. The van der Waals surface area contributed by atoms with Crippen molar-refractivity contribution in [1.82, 2.24) is 4.90 Å². The highest BCUT2D eigenvalue weighted by atomic mass is 16.5. The van der Waals surface area contributed by atoms with Crippen LogP contribution in [0.3, 0.4) is 0 Å². The van der Waals surface area contributed by atoms with Crippen molar-refractivity contribution in [2.45, 2.75) is 25.8 Å². The molecule has 1 aromatic carbocycles. The van der Waals surface area contributed by atoms with Crippen LogP contribution in [-0.2, 0) is 33.7 Å². The number of likely N-dealkylation sites (N-methyl/N-ethyl adjacent to an activating group) is 1. The van der Waals surface area contributed by atoms with Crippen LogP contribution in [0.5, 0.6) is 0 Å². The van der Waals surface area contributed by atoms with E-state index in [-0.39, 0.29) is 0 Å². The topological polar surface area (TPSA) is 46.6 Å². The van der Waals surface area contributed by atoms with Gasteiger partial charge in [0.25, 0.3) is 0 Å². The molecule has 4 nitrogen and oxygen atoms in total. The zero-order valence-electron chi connectivity index (χ0n) is 10.7. The lowest BCUT2D eigenvalue weighted by Gasteiger charge is -2.16. The van der Waals surface area contributed by atoms with E-state index in [0.717, 1.165) is 18.4 Å². The second-order valence-electron chi connectivity index (χ2n) is 4.61. The monoisotopic (exact) mass is 247 g/mol. The van der Waals surface area contributed by atoms with Gasteiger partial charge < -0.3 is 9.64 Å². The first-order valence-corrected chi connectivity index (χ1v) is 6.06. The minimum absolute atomic E-state index is 0.432. The molecular weight excluding hydrogens is 230 g/mol. The third kappa shape index (κ3) is 2.53. The Kier molecular flexibility index (Phi) is 3.65. The van der Waals surface area contributed by atoms with Crippen molar-refractivity contribution in [3.05, 3.63) is 34.9 Å². The predicted molar refractivity (Wildman–Crippen MR) is 67.0 cm³/mol. The number of ether oxygens (including phenoxy) is 1. The quantitative estimate of drug-likeness (QED) is 0.584. The molecule has 0 bridgehead atoms. The van der Waals surface area contributed by atoms with Crippen molar-refractivity contribution < 1.29 is 14.3 Å². The van der Waals surface area contributed by atoms with Crippen LogP contribution >= 0.6 is 0 Å². The summed E-state index contributed by atoms with van der Waals surface area (Å²) in [7, 11) is 2.82. The molecule has 0 aromatic heterocycles. The zero-order chi connectivity index (χ0) is 13.1. The molecule has 0 atom stereocenters. The van der Waals surface area contributed by atoms with Crippen LogP contribution in [0.25, 0.3) is 0 Å². The molecule has 96 valence electrons.